The summed E-state index contributed by atoms with van der Waals surface area (Å²) in [5, 5.41) is 13.6. The number of rotatable bonds is 3. The highest BCUT2D eigenvalue weighted by molar-refractivity contribution is 6.07. The summed E-state index contributed by atoms with van der Waals surface area (Å²) in [4.78, 5) is 26.8. The number of hydrogen-bond donors (Lipinski definition) is 2. The number of nitrogens with two attached hydrogens (primary N) is 1. The molecular formula is C14H14N4O3. The van der Waals surface area contributed by atoms with E-state index in [1.54, 1.807) is 19.1 Å². The van der Waals surface area contributed by atoms with E-state index in [0.29, 0.717) is 11.4 Å². The van der Waals surface area contributed by atoms with Crippen molar-refractivity contribution in [1.29, 1.82) is 0 Å². The molecule has 1 heterocycles. The Labute approximate surface area is 121 Å². The number of amides is 1. The summed E-state index contributed by atoms with van der Waals surface area (Å²) >= 11 is 0. The van der Waals surface area contributed by atoms with Crippen LogP contribution in [0.2, 0.25) is 0 Å². The van der Waals surface area contributed by atoms with Crippen molar-refractivity contribution < 1.29 is 9.72 Å². The summed E-state index contributed by atoms with van der Waals surface area (Å²) < 4.78 is 0. The number of nitrogens with one attached hydrogen (secondary N) is 1. The van der Waals surface area contributed by atoms with Crippen LogP contribution in [0.5, 0.6) is 0 Å². The predicted molar refractivity (Wildman–Crippen MR) is 79.2 cm³/mol. The van der Waals surface area contributed by atoms with E-state index in [-0.39, 0.29) is 16.9 Å². The lowest BCUT2D eigenvalue weighted by Crippen LogP contribution is -2.15. The Balaban J connectivity index is 2.36. The molecule has 0 fully saturated rings. The van der Waals surface area contributed by atoms with Crippen molar-refractivity contribution in [2.45, 2.75) is 13.8 Å². The zero-order chi connectivity index (χ0) is 15.6. The predicted octanol–water partition coefficient (Wildman–Crippen LogP) is 2.44. The highest BCUT2D eigenvalue weighted by Gasteiger charge is 2.21. The highest BCUT2D eigenvalue weighted by atomic mass is 16.6. The Hall–Kier alpha value is -2.96. The van der Waals surface area contributed by atoms with E-state index in [9.17, 15) is 14.9 Å². The lowest BCUT2D eigenvalue weighted by Gasteiger charge is -2.09. The van der Waals surface area contributed by atoms with Gasteiger partial charge in [-0.3, -0.25) is 19.9 Å². The fraction of sp³-hybridized carbons (Fsp3) is 0.143. The van der Waals surface area contributed by atoms with Gasteiger partial charge in [0.1, 0.15) is 5.56 Å². The van der Waals surface area contributed by atoms with Gasteiger partial charge in [0.25, 0.3) is 11.6 Å². The smallest absolute Gasteiger partial charge is 0.282 e. The first kappa shape index (κ1) is 14.4. The molecule has 1 aromatic heterocycles. The maximum atomic E-state index is 12.2. The average molecular weight is 286 g/mol. The van der Waals surface area contributed by atoms with Crippen LogP contribution >= 0.6 is 0 Å². The van der Waals surface area contributed by atoms with Crippen molar-refractivity contribution in [1.82, 2.24) is 4.98 Å². The SMILES string of the molecule is Cc1ccc(NC(=O)c2cc(N)ccc2[N+](=O)[O-])c(C)n1. The van der Waals surface area contributed by atoms with Crippen LogP contribution in [0.25, 0.3) is 0 Å². The lowest BCUT2D eigenvalue weighted by molar-refractivity contribution is -0.385. The number of hydrogen-bond acceptors (Lipinski definition) is 5. The van der Waals surface area contributed by atoms with Gasteiger partial charge in [-0.2, -0.15) is 0 Å². The minimum Gasteiger partial charge on any atom is -0.399 e. The zero-order valence-corrected chi connectivity index (χ0v) is 11.6. The third-order valence-electron chi connectivity index (χ3n) is 2.94. The van der Waals surface area contributed by atoms with Gasteiger partial charge >= 0.3 is 0 Å². The van der Waals surface area contributed by atoms with Gasteiger partial charge in [0.15, 0.2) is 0 Å². The molecule has 0 saturated heterocycles. The first-order valence-corrected chi connectivity index (χ1v) is 6.18. The van der Waals surface area contributed by atoms with Gasteiger partial charge in [-0.1, -0.05) is 0 Å². The molecule has 0 aliphatic heterocycles. The molecule has 0 saturated carbocycles. The zero-order valence-electron chi connectivity index (χ0n) is 11.6. The topological polar surface area (TPSA) is 111 Å². The van der Waals surface area contributed by atoms with Crippen molar-refractivity contribution in [2.24, 2.45) is 0 Å². The third-order valence-corrected chi connectivity index (χ3v) is 2.94. The molecule has 0 radical (unpaired) electrons. The number of nitrogen functional groups attached to an aromatic ring is 1. The number of nitro groups is 1. The average Bonchev–Trinajstić information content (AvgIpc) is 2.41. The molecule has 1 aromatic carbocycles. The Morgan fingerprint density at radius 2 is 2.00 bits per heavy atom. The number of carbonyl (C=O) groups excluding carboxylic acids is 1. The van der Waals surface area contributed by atoms with Crippen molar-refractivity contribution in [3.63, 3.8) is 0 Å². The van der Waals surface area contributed by atoms with Gasteiger partial charge in [0, 0.05) is 17.4 Å². The Kier molecular flexibility index (Phi) is 3.84. The molecule has 21 heavy (non-hydrogen) atoms. The van der Waals surface area contributed by atoms with Crippen LogP contribution in [0.15, 0.2) is 30.3 Å². The number of carbonyl (C=O) groups is 1. The Morgan fingerprint density at radius 1 is 1.29 bits per heavy atom. The number of benzene rings is 1. The van der Waals surface area contributed by atoms with E-state index in [0.717, 1.165) is 5.69 Å². The van der Waals surface area contributed by atoms with Gasteiger partial charge in [-0.15, -0.1) is 0 Å². The van der Waals surface area contributed by atoms with Crippen LogP contribution in [0, 0.1) is 24.0 Å². The molecule has 7 nitrogen and oxygen atoms in total. The minimum atomic E-state index is -0.616. The standard InChI is InChI=1S/C14H14N4O3/c1-8-3-5-12(9(2)16-8)17-14(19)11-7-10(15)4-6-13(11)18(20)21/h3-7H,15H2,1-2H3,(H,17,19). The molecule has 3 N–H and O–H groups in total. The van der Waals surface area contributed by atoms with Crippen LogP contribution in [0.1, 0.15) is 21.7 Å². The second-order valence-corrected chi connectivity index (χ2v) is 4.57. The number of aryl methyl sites for hydroxylation is 2. The van der Waals surface area contributed by atoms with Crippen molar-refractivity contribution in [2.75, 3.05) is 11.1 Å². The molecule has 0 bridgehead atoms. The summed E-state index contributed by atoms with van der Waals surface area (Å²) in [6.45, 7) is 3.58. The Morgan fingerprint density at radius 3 is 2.62 bits per heavy atom. The van der Waals surface area contributed by atoms with Gasteiger partial charge in [0.2, 0.25) is 0 Å². The van der Waals surface area contributed by atoms with Gasteiger partial charge in [-0.25, -0.2) is 0 Å². The van der Waals surface area contributed by atoms with Crippen LogP contribution in [-0.4, -0.2) is 15.8 Å². The van der Waals surface area contributed by atoms with Crippen molar-refractivity contribution in [3.05, 3.63) is 57.4 Å². The van der Waals surface area contributed by atoms with E-state index in [4.69, 9.17) is 5.73 Å². The fourth-order valence-electron chi connectivity index (χ4n) is 1.90. The Bertz CT molecular complexity index is 728. The maximum absolute atomic E-state index is 12.2. The van der Waals surface area contributed by atoms with Crippen LogP contribution in [0.4, 0.5) is 17.1 Å². The van der Waals surface area contributed by atoms with Gasteiger partial charge in [-0.05, 0) is 38.1 Å². The molecule has 0 unspecified atom stereocenters. The molecular weight excluding hydrogens is 272 g/mol. The summed E-state index contributed by atoms with van der Waals surface area (Å²) in [5.74, 6) is -0.595. The molecule has 2 aromatic rings. The fourth-order valence-corrected chi connectivity index (χ4v) is 1.90. The third kappa shape index (κ3) is 3.14. The summed E-state index contributed by atoms with van der Waals surface area (Å²) in [5.41, 5.74) is 7.46. The normalized spacial score (nSPS) is 10.2. The van der Waals surface area contributed by atoms with Crippen LogP contribution < -0.4 is 11.1 Å². The first-order chi connectivity index (χ1) is 9.88. The molecule has 1 amide bonds. The van der Waals surface area contributed by atoms with Crippen LogP contribution in [0.3, 0.4) is 0 Å². The molecule has 0 atom stereocenters. The second-order valence-electron chi connectivity index (χ2n) is 4.57. The largest absolute Gasteiger partial charge is 0.399 e. The van der Waals surface area contributed by atoms with E-state index in [2.05, 4.69) is 10.3 Å². The van der Waals surface area contributed by atoms with E-state index >= 15 is 0 Å². The molecule has 108 valence electrons. The van der Waals surface area contributed by atoms with Crippen molar-refractivity contribution in [3.8, 4) is 0 Å². The van der Waals surface area contributed by atoms with E-state index < -0.39 is 10.8 Å². The number of nitro benzene ring substituents is 1. The van der Waals surface area contributed by atoms with Gasteiger partial charge in [0.05, 0.1) is 16.3 Å². The minimum absolute atomic E-state index is 0.0834. The number of anilines is 2. The quantitative estimate of drug-likeness (QED) is 0.511. The summed E-state index contributed by atoms with van der Waals surface area (Å²) in [6.07, 6.45) is 0. The maximum Gasteiger partial charge on any atom is 0.282 e. The van der Waals surface area contributed by atoms with E-state index in [1.807, 2.05) is 6.92 Å². The molecule has 0 aliphatic rings. The monoisotopic (exact) mass is 286 g/mol. The lowest BCUT2D eigenvalue weighted by atomic mass is 10.1. The summed E-state index contributed by atoms with van der Waals surface area (Å²) in [6, 6.07) is 7.33. The summed E-state index contributed by atoms with van der Waals surface area (Å²) in [7, 11) is 0. The highest BCUT2D eigenvalue weighted by Crippen LogP contribution is 2.23. The van der Waals surface area contributed by atoms with Gasteiger partial charge < -0.3 is 11.1 Å². The molecule has 0 aliphatic carbocycles. The van der Waals surface area contributed by atoms with Crippen molar-refractivity contribution >= 4 is 23.0 Å². The first-order valence-electron chi connectivity index (χ1n) is 6.18. The van der Waals surface area contributed by atoms with Crippen LogP contribution in [-0.2, 0) is 0 Å². The molecule has 2 rings (SSSR count). The second kappa shape index (κ2) is 5.58. The number of pyridine rings is 1. The molecule has 7 heteroatoms. The van der Waals surface area contributed by atoms with E-state index in [1.165, 1.54) is 18.2 Å². The molecule has 0 spiro atoms. The number of nitrogens with zero attached hydrogens (tertiary/aromatic N) is 2. The number of aromatic nitrogens is 1.